The zero-order valence-electron chi connectivity index (χ0n) is 13.6. The van der Waals surface area contributed by atoms with Gasteiger partial charge in [-0.25, -0.2) is 4.98 Å². The Labute approximate surface area is 131 Å². The van der Waals surface area contributed by atoms with Crippen molar-refractivity contribution in [1.29, 1.82) is 0 Å². The monoisotopic (exact) mass is 300 g/mol. The zero-order valence-corrected chi connectivity index (χ0v) is 13.6. The van der Waals surface area contributed by atoms with Crippen molar-refractivity contribution in [2.45, 2.75) is 25.2 Å². The van der Waals surface area contributed by atoms with Crippen molar-refractivity contribution < 1.29 is 4.79 Å². The van der Waals surface area contributed by atoms with Gasteiger partial charge in [-0.15, -0.1) is 0 Å². The van der Waals surface area contributed by atoms with E-state index < -0.39 is 0 Å². The van der Waals surface area contributed by atoms with Crippen molar-refractivity contribution in [2.75, 3.05) is 27.2 Å². The number of nitrogens with one attached hydrogen (secondary N) is 1. The van der Waals surface area contributed by atoms with Gasteiger partial charge < -0.3 is 14.8 Å². The van der Waals surface area contributed by atoms with E-state index in [0.29, 0.717) is 18.9 Å². The van der Waals surface area contributed by atoms with E-state index in [0.717, 1.165) is 23.1 Å². The summed E-state index contributed by atoms with van der Waals surface area (Å²) in [6.07, 6.45) is 2.91. The molecule has 0 unspecified atom stereocenters. The summed E-state index contributed by atoms with van der Waals surface area (Å²) in [6.45, 7) is 1.54. The van der Waals surface area contributed by atoms with Crippen molar-refractivity contribution in [1.82, 2.24) is 19.8 Å². The molecule has 1 aliphatic rings. The Morgan fingerprint density at radius 2 is 2.18 bits per heavy atom. The summed E-state index contributed by atoms with van der Waals surface area (Å²) < 4.78 is 2.19. The van der Waals surface area contributed by atoms with Crippen LogP contribution in [0.15, 0.2) is 18.2 Å². The Morgan fingerprint density at radius 1 is 1.41 bits per heavy atom. The van der Waals surface area contributed by atoms with Crippen LogP contribution in [0, 0.1) is 0 Å². The van der Waals surface area contributed by atoms with Crippen LogP contribution < -0.4 is 5.32 Å². The fourth-order valence-corrected chi connectivity index (χ4v) is 2.75. The first kappa shape index (κ1) is 15.0. The molecular weight excluding hydrogens is 276 g/mol. The summed E-state index contributed by atoms with van der Waals surface area (Å²) in [4.78, 5) is 18.8. The average Bonchev–Trinajstić information content (AvgIpc) is 3.24. The van der Waals surface area contributed by atoms with Crippen LogP contribution in [0.4, 0.5) is 0 Å². The lowest BCUT2D eigenvalue weighted by molar-refractivity contribution is -0.120. The molecular formula is C17H24N4O. The van der Waals surface area contributed by atoms with Crippen molar-refractivity contribution in [3.05, 3.63) is 29.6 Å². The fourth-order valence-electron chi connectivity index (χ4n) is 2.75. The van der Waals surface area contributed by atoms with Gasteiger partial charge in [0, 0.05) is 26.1 Å². The molecule has 1 saturated carbocycles. The normalized spacial score (nSPS) is 14.7. The van der Waals surface area contributed by atoms with Gasteiger partial charge in [0.25, 0.3) is 0 Å². The molecule has 1 N–H and O–H groups in total. The van der Waals surface area contributed by atoms with E-state index >= 15 is 0 Å². The van der Waals surface area contributed by atoms with Crippen LogP contribution in [-0.4, -0.2) is 47.5 Å². The highest BCUT2D eigenvalue weighted by molar-refractivity contribution is 5.82. The van der Waals surface area contributed by atoms with Gasteiger partial charge >= 0.3 is 0 Å². The maximum absolute atomic E-state index is 12.0. The largest absolute Gasteiger partial charge is 0.355 e. The topological polar surface area (TPSA) is 50.2 Å². The van der Waals surface area contributed by atoms with Crippen molar-refractivity contribution in [2.24, 2.45) is 7.05 Å². The zero-order chi connectivity index (χ0) is 15.7. The number of nitrogens with zero attached hydrogens (tertiary/aromatic N) is 3. The molecule has 1 heterocycles. The highest BCUT2D eigenvalue weighted by atomic mass is 16.1. The standard InChI is InChI=1S/C17H24N4O/c1-20(2)9-8-18-16(22)11-12-4-7-15-14(10-12)19-17(21(15)3)13-5-6-13/h4,7,10,13H,5-6,8-9,11H2,1-3H3,(H,18,22). The van der Waals surface area contributed by atoms with Crippen LogP contribution in [0.5, 0.6) is 0 Å². The lowest BCUT2D eigenvalue weighted by atomic mass is 10.1. The van der Waals surface area contributed by atoms with Gasteiger partial charge in [0.2, 0.25) is 5.91 Å². The van der Waals surface area contributed by atoms with Crippen molar-refractivity contribution in [3.8, 4) is 0 Å². The summed E-state index contributed by atoms with van der Waals surface area (Å²) in [5.41, 5.74) is 3.18. The molecule has 0 spiro atoms. The Hall–Kier alpha value is -1.88. The molecule has 0 radical (unpaired) electrons. The third kappa shape index (κ3) is 3.30. The van der Waals surface area contributed by atoms with Gasteiger partial charge in [-0.05, 0) is 44.6 Å². The first-order valence-corrected chi connectivity index (χ1v) is 7.91. The van der Waals surface area contributed by atoms with Gasteiger partial charge in [0.15, 0.2) is 0 Å². The highest BCUT2D eigenvalue weighted by Crippen LogP contribution is 2.40. The van der Waals surface area contributed by atoms with Gasteiger partial charge in [0.1, 0.15) is 5.82 Å². The van der Waals surface area contributed by atoms with E-state index in [1.807, 2.05) is 26.2 Å². The van der Waals surface area contributed by atoms with Gasteiger partial charge in [-0.1, -0.05) is 6.07 Å². The lowest BCUT2D eigenvalue weighted by Crippen LogP contribution is -2.32. The number of hydrogen-bond acceptors (Lipinski definition) is 3. The number of likely N-dealkylation sites (N-methyl/N-ethyl adjacent to an activating group) is 1. The first-order chi connectivity index (χ1) is 10.5. The second kappa shape index (κ2) is 6.08. The molecule has 2 aromatic rings. The number of hydrogen-bond donors (Lipinski definition) is 1. The SMILES string of the molecule is CN(C)CCNC(=O)Cc1ccc2c(c1)nc(C1CC1)n2C. The minimum Gasteiger partial charge on any atom is -0.355 e. The maximum atomic E-state index is 12.0. The van der Waals surface area contributed by atoms with Gasteiger partial charge in [-0.2, -0.15) is 0 Å². The molecule has 5 heteroatoms. The average molecular weight is 300 g/mol. The Bertz CT molecular complexity index is 685. The number of amides is 1. The molecule has 118 valence electrons. The highest BCUT2D eigenvalue weighted by Gasteiger charge is 2.28. The summed E-state index contributed by atoms with van der Waals surface area (Å²) in [6, 6.07) is 6.16. The van der Waals surface area contributed by atoms with Crippen LogP contribution in [0.3, 0.4) is 0 Å². The van der Waals surface area contributed by atoms with E-state index in [-0.39, 0.29) is 5.91 Å². The first-order valence-electron chi connectivity index (χ1n) is 7.91. The second-order valence-corrected chi connectivity index (χ2v) is 6.46. The molecule has 0 saturated heterocycles. The molecule has 5 nitrogen and oxygen atoms in total. The molecule has 1 aromatic carbocycles. The molecule has 0 bridgehead atoms. The van der Waals surface area contributed by atoms with E-state index in [1.54, 1.807) is 0 Å². The summed E-state index contributed by atoms with van der Waals surface area (Å²) >= 11 is 0. The molecule has 0 aliphatic heterocycles. The Balaban J connectivity index is 1.68. The van der Waals surface area contributed by atoms with Crippen LogP contribution in [-0.2, 0) is 18.3 Å². The predicted molar refractivity (Wildman–Crippen MR) is 88.0 cm³/mol. The van der Waals surface area contributed by atoms with E-state index in [1.165, 1.54) is 18.7 Å². The van der Waals surface area contributed by atoms with E-state index in [2.05, 4.69) is 27.9 Å². The number of aromatic nitrogens is 2. The number of carbonyl (C=O) groups is 1. The maximum Gasteiger partial charge on any atom is 0.224 e. The Morgan fingerprint density at radius 3 is 2.86 bits per heavy atom. The fraction of sp³-hybridized carbons (Fsp3) is 0.529. The van der Waals surface area contributed by atoms with Gasteiger partial charge in [0.05, 0.1) is 17.5 Å². The molecule has 1 fully saturated rings. The minimum atomic E-state index is 0.0690. The van der Waals surface area contributed by atoms with Crippen molar-refractivity contribution >= 4 is 16.9 Å². The Kier molecular flexibility index (Phi) is 4.16. The van der Waals surface area contributed by atoms with E-state index in [4.69, 9.17) is 4.98 Å². The molecule has 22 heavy (non-hydrogen) atoms. The van der Waals surface area contributed by atoms with Crippen LogP contribution in [0.25, 0.3) is 11.0 Å². The summed E-state index contributed by atoms with van der Waals surface area (Å²) in [5.74, 6) is 1.89. The molecule has 3 rings (SSSR count). The minimum absolute atomic E-state index is 0.0690. The van der Waals surface area contributed by atoms with Crippen molar-refractivity contribution in [3.63, 3.8) is 0 Å². The summed E-state index contributed by atoms with van der Waals surface area (Å²) in [5, 5.41) is 2.95. The molecule has 0 atom stereocenters. The number of imidazole rings is 1. The number of aryl methyl sites for hydroxylation is 1. The second-order valence-electron chi connectivity index (χ2n) is 6.46. The van der Waals surface area contributed by atoms with E-state index in [9.17, 15) is 4.79 Å². The number of benzene rings is 1. The lowest BCUT2D eigenvalue weighted by Gasteiger charge is -2.10. The third-order valence-corrected chi connectivity index (χ3v) is 4.17. The number of rotatable bonds is 6. The van der Waals surface area contributed by atoms with Crippen LogP contribution >= 0.6 is 0 Å². The van der Waals surface area contributed by atoms with Crippen LogP contribution in [0.2, 0.25) is 0 Å². The third-order valence-electron chi connectivity index (χ3n) is 4.17. The smallest absolute Gasteiger partial charge is 0.224 e. The van der Waals surface area contributed by atoms with Gasteiger partial charge in [-0.3, -0.25) is 4.79 Å². The number of fused-ring (bicyclic) bond motifs is 1. The predicted octanol–water partition coefficient (Wildman–Crippen LogP) is 1.67. The molecule has 1 aromatic heterocycles. The number of carbonyl (C=O) groups excluding carboxylic acids is 1. The summed E-state index contributed by atoms with van der Waals surface area (Å²) in [7, 11) is 6.08. The molecule has 1 amide bonds. The van der Waals surface area contributed by atoms with Crippen LogP contribution in [0.1, 0.15) is 30.1 Å². The quantitative estimate of drug-likeness (QED) is 0.883. The molecule has 1 aliphatic carbocycles.